The van der Waals surface area contributed by atoms with E-state index in [4.69, 9.17) is 0 Å². The van der Waals surface area contributed by atoms with Crippen LogP contribution in [0.15, 0.2) is 22.9 Å². The van der Waals surface area contributed by atoms with Crippen LogP contribution in [0.1, 0.15) is 10.4 Å². The van der Waals surface area contributed by atoms with Crippen molar-refractivity contribution in [1.29, 1.82) is 0 Å². The highest BCUT2D eigenvalue weighted by Gasteiger charge is 2.06. The molecule has 0 bridgehead atoms. The van der Waals surface area contributed by atoms with Gasteiger partial charge in [-0.25, -0.2) is 4.79 Å². The molecule has 0 aromatic carbocycles. The number of nitrogens with zero attached hydrogens (tertiary/aromatic N) is 1. The lowest BCUT2D eigenvalue weighted by molar-refractivity contribution is -0.123. The van der Waals surface area contributed by atoms with Crippen LogP contribution in [0, 0.1) is 0 Å². The van der Waals surface area contributed by atoms with Crippen LogP contribution in [0.3, 0.4) is 0 Å². The molecule has 0 saturated carbocycles. The van der Waals surface area contributed by atoms with E-state index in [1.165, 1.54) is 18.5 Å². The Bertz CT molecular complexity index is 313. The molecule has 0 saturated heterocycles. The summed E-state index contributed by atoms with van der Waals surface area (Å²) in [6.07, 6.45) is 2.84. The maximum Gasteiger partial charge on any atom is 0.347 e. The minimum Gasteiger partial charge on any atom is -0.392 e. The van der Waals surface area contributed by atoms with E-state index in [1.807, 2.05) is 0 Å². The summed E-state index contributed by atoms with van der Waals surface area (Å²) < 4.78 is 4.76. The lowest BCUT2D eigenvalue weighted by atomic mass is 10.3. The summed E-state index contributed by atoms with van der Waals surface area (Å²) in [5, 5.41) is 0. The van der Waals surface area contributed by atoms with Gasteiger partial charge in [0.25, 0.3) is 0 Å². The number of esters is 1. The Morgan fingerprint density at radius 1 is 1.58 bits per heavy atom. The molecule has 0 fully saturated rings. The predicted molar refractivity (Wildman–Crippen MR) is 43.4 cm³/mol. The van der Waals surface area contributed by atoms with Crippen molar-refractivity contribution in [3.05, 3.63) is 28.5 Å². The molecule has 4 nitrogen and oxygen atoms in total. The van der Waals surface area contributed by atoms with Crippen LogP contribution in [0.4, 0.5) is 0 Å². The summed E-state index contributed by atoms with van der Waals surface area (Å²) >= 11 is 3.12. The Labute approximate surface area is 76.7 Å². The molecule has 0 aliphatic rings. The third-order valence-corrected chi connectivity index (χ3v) is 1.53. The second-order valence-corrected chi connectivity index (χ2v) is 2.81. The molecule has 12 heavy (non-hydrogen) atoms. The average molecular weight is 230 g/mol. The Hall–Kier alpha value is -1.23. The van der Waals surface area contributed by atoms with Crippen LogP contribution in [0.25, 0.3) is 0 Å². The van der Waals surface area contributed by atoms with Crippen molar-refractivity contribution in [3.63, 3.8) is 0 Å². The van der Waals surface area contributed by atoms with E-state index in [0.29, 0.717) is 4.47 Å². The molecular formula is C7H4BrNO3. The van der Waals surface area contributed by atoms with Crippen molar-refractivity contribution < 1.29 is 14.3 Å². The number of hydrogen-bond donors (Lipinski definition) is 0. The van der Waals surface area contributed by atoms with Crippen molar-refractivity contribution >= 4 is 28.4 Å². The molecule has 0 atom stereocenters. The molecule has 1 rings (SSSR count). The zero-order valence-corrected chi connectivity index (χ0v) is 7.45. The van der Waals surface area contributed by atoms with E-state index < -0.39 is 5.97 Å². The molecule has 1 aromatic rings. The van der Waals surface area contributed by atoms with Crippen LogP contribution in [-0.4, -0.2) is 17.4 Å². The lowest BCUT2D eigenvalue weighted by Crippen LogP contribution is -2.03. The fourth-order valence-corrected chi connectivity index (χ4v) is 1.00. The summed E-state index contributed by atoms with van der Waals surface area (Å²) in [6.45, 7) is 0.0865. The first-order chi connectivity index (χ1) is 5.74. The predicted octanol–water partition coefficient (Wildman–Crippen LogP) is 1.16. The zero-order valence-electron chi connectivity index (χ0n) is 5.86. The zero-order chi connectivity index (χ0) is 8.97. The first-order valence-electron chi connectivity index (χ1n) is 2.99. The molecule has 0 radical (unpaired) electrons. The normalized spacial score (nSPS) is 9.08. The number of carbonyl (C=O) groups excluding carboxylic acids is 2. The number of aromatic nitrogens is 1. The van der Waals surface area contributed by atoms with Crippen molar-refractivity contribution in [2.24, 2.45) is 0 Å². The van der Waals surface area contributed by atoms with E-state index in [-0.39, 0.29) is 12.0 Å². The standard InChI is InChI=1S/C7H4BrNO3/c8-6-1-5(2-9-3-6)7(11)12-4-10/h1-4H. The van der Waals surface area contributed by atoms with Crippen LogP contribution in [0.2, 0.25) is 0 Å². The van der Waals surface area contributed by atoms with Crippen LogP contribution >= 0.6 is 15.9 Å². The van der Waals surface area contributed by atoms with Crippen molar-refractivity contribution in [3.8, 4) is 0 Å². The summed E-state index contributed by atoms with van der Waals surface area (Å²) in [7, 11) is 0. The van der Waals surface area contributed by atoms with Gasteiger partial charge in [-0.3, -0.25) is 9.78 Å². The molecule has 0 spiro atoms. The smallest absolute Gasteiger partial charge is 0.347 e. The molecular weight excluding hydrogens is 226 g/mol. The van der Waals surface area contributed by atoms with Crippen LogP contribution in [0.5, 0.6) is 0 Å². The van der Waals surface area contributed by atoms with Gasteiger partial charge in [0.1, 0.15) is 0 Å². The van der Waals surface area contributed by atoms with Gasteiger partial charge in [0.05, 0.1) is 5.56 Å². The molecule has 5 heteroatoms. The van der Waals surface area contributed by atoms with Gasteiger partial charge < -0.3 is 4.74 Å². The van der Waals surface area contributed by atoms with Gasteiger partial charge in [0, 0.05) is 16.9 Å². The highest BCUT2D eigenvalue weighted by Crippen LogP contribution is 2.09. The van der Waals surface area contributed by atoms with Gasteiger partial charge in [0.2, 0.25) is 0 Å². The third kappa shape index (κ3) is 2.13. The molecule has 0 amide bonds. The van der Waals surface area contributed by atoms with Gasteiger partial charge >= 0.3 is 12.4 Å². The van der Waals surface area contributed by atoms with E-state index >= 15 is 0 Å². The SMILES string of the molecule is O=COC(=O)c1cncc(Br)c1. The molecule has 0 aliphatic carbocycles. The van der Waals surface area contributed by atoms with E-state index in [0.717, 1.165) is 0 Å². The quantitative estimate of drug-likeness (QED) is 0.434. The van der Waals surface area contributed by atoms with Gasteiger partial charge in [-0.05, 0) is 22.0 Å². The lowest BCUT2D eigenvalue weighted by Gasteiger charge is -1.95. The minimum atomic E-state index is -0.709. The molecule has 0 aliphatic heterocycles. The number of hydrogen-bond acceptors (Lipinski definition) is 4. The van der Waals surface area contributed by atoms with Crippen LogP contribution < -0.4 is 0 Å². The Kier molecular flexibility index (Phi) is 2.93. The van der Waals surface area contributed by atoms with E-state index in [9.17, 15) is 9.59 Å². The first-order valence-corrected chi connectivity index (χ1v) is 3.78. The molecule has 1 aromatic heterocycles. The topological polar surface area (TPSA) is 56.3 Å². The van der Waals surface area contributed by atoms with Crippen molar-refractivity contribution in [2.45, 2.75) is 0 Å². The Morgan fingerprint density at radius 3 is 2.92 bits per heavy atom. The van der Waals surface area contributed by atoms with Gasteiger partial charge in [0.15, 0.2) is 0 Å². The Morgan fingerprint density at radius 2 is 2.33 bits per heavy atom. The highest BCUT2D eigenvalue weighted by atomic mass is 79.9. The maximum atomic E-state index is 10.9. The fraction of sp³-hybridized carbons (Fsp3) is 0. The largest absolute Gasteiger partial charge is 0.392 e. The molecule has 62 valence electrons. The van der Waals surface area contributed by atoms with Gasteiger partial charge in [-0.2, -0.15) is 0 Å². The number of rotatable bonds is 2. The maximum absolute atomic E-state index is 10.9. The molecule has 1 heterocycles. The number of carbonyl (C=O) groups is 2. The Balaban J connectivity index is 2.87. The number of pyridine rings is 1. The second-order valence-electron chi connectivity index (χ2n) is 1.89. The van der Waals surface area contributed by atoms with Gasteiger partial charge in [-0.15, -0.1) is 0 Å². The second kappa shape index (κ2) is 3.96. The molecule has 0 unspecified atom stereocenters. The van der Waals surface area contributed by atoms with Crippen molar-refractivity contribution in [1.82, 2.24) is 4.98 Å². The first kappa shape index (κ1) is 8.86. The van der Waals surface area contributed by atoms with Crippen LogP contribution in [-0.2, 0) is 9.53 Å². The summed E-state index contributed by atoms with van der Waals surface area (Å²) in [5.74, 6) is -0.709. The monoisotopic (exact) mass is 229 g/mol. The number of halogens is 1. The van der Waals surface area contributed by atoms with Gasteiger partial charge in [-0.1, -0.05) is 0 Å². The van der Waals surface area contributed by atoms with E-state index in [1.54, 1.807) is 0 Å². The minimum absolute atomic E-state index is 0.0865. The summed E-state index contributed by atoms with van der Waals surface area (Å²) in [5.41, 5.74) is 0.233. The van der Waals surface area contributed by atoms with Crippen molar-refractivity contribution in [2.75, 3.05) is 0 Å². The third-order valence-electron chi connectivity index (χ3n) is 1.10. The summed E-state index contributed by atoms with van der Waals surface area (Å²) in [6, 6.07) is 1.51. The van der Waals surface area contributed by atoms with E-state index in [2.05, 4.69) is 25.7 Å². The average Bonchev–Trinajstić information content (AvgIpc) is 2.05. The number of ether oxygens (including phenoxy) is 1. The fourth-order valence-electron chi connectivity index (χ4n) is 0.635. The summed E-state index contributed by atoms with van der Waals surface area (Å²) in [4.78, 5) is 24.4. The highest BCUT2D eigenvalue weighted by molar-refractivity contribution is 9.10. The molecule has 0 N–H and O–H groups in total.